The molecule has 0 bridgehead atoms. The summed E-state index contributed by atoms with van der Waals surface area (Å²) in [6, 6.07) is 10.7. The highest BCUT2D eigenvalue weighted by Gasteiger charge is 2.24. The standard InChI is InChI=1S/C21H22BrFN2O5/c1-13(4-2-3-5-19(27)25-29)20(14-6-11-18(26)17(23)12-14)30-21(28)24-16-9-7-15(22)8-10-16/h3,5-13,20,26,29H,2,4H2,1H3,(H,24,28)(H,25,27)/b5-3+/t13-,20+/m0/s1. The molecule has 0 radical (unpaired) electrons. The summed E-state index contributed by atoms with van der Waals surface area (Å²) < 4.78 is 20.3. The average Bonchev–Trinajstić information content (AvgIpc) is 2.72. The van der Waals surface area contributed by atoms with E-state index in [1.807, 2.05) is 6.92 Å². The van der Waals surface area contributed by atoms with Crippen LogP contribution >= 0.6 is 15.9 Å². The predicted octanol–water partition coefficient (Wildman–Crippen LogP) is 5.06. The predicted molar refractivity (Wildman–Crippen MR) is 113 cm³/mol. The summed E-state index contributed by atoms with van der Waals surface area (Å²) >= 11 is 3.31. The normalized spacial score (nSPS) is 12.9. The van der Waals surface area contributed by atoms with Crippen molar-refractivity contribution in [2.75, 3.05) is 5.32 Å². The molecule has 2 rings (SSSR count). The summed E-state index contributed by atoms with van der Waals surface area (Å²) in [5.41, 5.74) is 2.42. The number of phenolic OH excluding ortho intramolecular Hbond substituents is 1. The van der Waals surface area contributed by atoms with Gasteiger partial charge in [0.1, 0.15) is 6.10 Å². The van der Waals surface area contributed by atoms with Crippen LogP contribution in [0.1, 0.15) is 31.4 Å². The van der Waals surface area contributed by atoms with E-state index in [2.05, 4.69) is 21.2 Å². The first-order valence-corrected chi connectivity index (χ1v) is 9.91. The molecule has 2 aromatic carbocycles. The number of allylic oxidation sites excluding steroid dienone is 1. The molecule has 0 saturated carbocycles. The van der Waals surface area contributed by atoms with Gasteiger partial charge in [0.15, 0.2) is 11.6 Å². The second-order valence-corrected chi connectivity index (χ2v) is 7.52. The number of halogens is 2. The molecule has 0 aromatic heterocycles. The maximum absolute atomic E-state index is 13.9. The minimum atomic E-state index is -0.818. The van der Waals surface area contributed by atoms with Crippen LogP contribution in [0.25, 0.3) is 0 Å². The zero-order valence-corrected chi connectivity index (χ0v) is 17.7. The van der Waals surface area contributed by atoms with E-state index in [-0.39, 0.29) is 5.92 Å². The van der Waals surface area contributed by atoms with Gasteiger partial charge in [-0.15, -0.1) is 0 Å². The molecule has 2 aromatic rings. The van der Waals surface area contributed by atoms with E-state index in [1.54, 1.807) is 30.3 Å². The van der Waals surface area contributed by atoms with Crippen molar-refractivity contribution in [3.8, 4) is 5.75 Å². The van der Waals surface area contributed by atoms with Gasteiger partial charge in [-0.1, -0.05) is 35.0 Å². The number of nitrogens with one attached hydrogen (secondary N) is 2. The summed E-state index contributed by atoms with van der Waals surface area (Å²) in [5, 5.41) is 20.6. The van der Waals surface area contributed by atoms with E-state index < -0.39 is 29.7 Å². The van der Waals surface area contributed by atoms with Crippen molar-refractivity contribution in [2.45, 2.75) is 25.9 Å². The highest BCUT2D eigenvalue weighted by atomic mass is 79.9. The number of rotatable bonds is 8. The third-order valence-electron chi connectivity index (χ3n) is 4.31. The number of aromatic hydroxyl groups is 1. The summed E-state index contributed by atoms with van der Waals surface area (Å²) in [7, 11) is 0. The topological polar surface area (TPSA) is 108 Å². The molecule has 0 fully saturated rings. The molecule has 9 heteroatoms. The number of amides is 2. The van der Waals surface area contributed by atoms with E-state index in [0.29, 0.717) is 24.1 Å². The summed E-state index contributed by atoms with van der Waals surface area (Å²) in [6.07, 6.45) is 2.21. The number of phenols is 1. The van der Waals surface area contributed by atoms with Crippen molar-refractivity contribution < 1.29 is 29.0 Å². The van der Waals surface area contributed by atoms with Gasteiger partial charge in [0.2, 0.25) is 0 Å². The van der Waals surface area contributed by atoms with Gasteiger partial charge in [-0.25, -0.2) is 14.7 Å². The van der Waals surface area contributed by atoms with Crippen LogP contribution in [0.15, 0.2) is 59.1 Å². The van der Waals surface area contributed by atoms with Crippen LogP contribution in [0.2, 0.25) is 0 Å². The fraction of sp³-hybridized carbons (Fsp3) is 0.238. The Kier molecular flexibility index (Phi) is 8.82. The first-order valence-electron chi connectivity index (χ1n) is 9.12. The highest BCUT2D eigenvalue weighted by molar-refractivity contribution is 9.10. The SMILES string of the molecule is C[C@@H](CC/C=C/C(=O)NO)[C@@H](OC(=O)Nc1ccc(Br)cc1)c1ccc(O)c(F)c1. The largest absolute Gasteiger partial charge is 0.505 e. The Morgan fingerprint density at radius 2 is 1.93 bits per heavy atom. The summed E-state index contributed by atoms with van der Waals surface area (Å²) in [5.74, 6) is -2.21. The zero-order chi connectivity index (χ0) is 22.1. The van der Waals surface area contributed by atoms with Crippen molar-refractivity contribution in [2.24, 2.45) is 5.92 Å². The van der Waals surface area contributed by atoms with Crippen molar-refractivity contribution in [1.29, 1.82) is 0 Å². The molecule has 160 valence electrons. The van der Waals surface area contributed by atoms with Crippen LogP contribution < -0.4 is 10.8 Å². The first kappa shape index (κ1) is 23.4. The lowest BCUT2D eigenvalue weighted by Gasteiger charge is -2.25. The number of hydroxylamine groups is 1. The van der Waals surface area contributed by atoms with Crippen molar-refractivity contribution in [1.82, 2.24) is 5.48 Å². The molecule has 7 nitrogen and oxygen atoms in total. The molecule has 0 unspecified atom stereocenters. The average molecular weight is 481 g/mol. The van der Waals surface area contributed by atoms with Crippen LogP contribution in [0.4, 0.5) is 14.9 Å². The molecule has 0 spiro atoms. The van der Waals surface area contributed by atoms with Crippen LogP contribution in [-0.4, -0.2) is 22.3 Å². The van der Waals surface area contributed by atoms with Crippen LogP contribution in [0.5, 0.6) is 5.75 Å². The smallest absolute Gasteiger partial charge is 0.412 e. The van der Waals surface area contributed by atoms with Crippen molar-refractivity contribution in [3.63, 3.8) is 0 Å². The van der Waals surface area contributed by atoms with E-state index in [4.69, 9.17) is 9.94 Å². The van der Waals surface area contributed by atoms with Crippen LogP contribution in [0.3, 0.4) is 0 Å². The second-order valence-electron chi connectivity index (χ2n) is 6.60. The third-order valence-corrected chi connectivity index (χ3v) is 4.84. The molecule has 2 amide bonds. The minimum Gasteiger partial charge on any atom is -0.505 e. The van der Waals surface area contributed by atoms with Gasteiger partial charge >= 0.3 is 6.09 Å². The quantitative estimate of drug-likeness (QED) is 0.240. The van der Waals surface area contributed by atoms with Gasteiger partial charge in [0.25, 0.3) is 5.91 Å². The third kappa shape index (κ3) is 7.16. The Labute approximate surface area is 181 Å². The molecular formula is C21H22BrFN2O5. The number of ether oxygens (including phenoxy) is 1. The van der Waals surface area contributed by atoms with Gasteiger partial charge in [0.05, 0.1) is 0 Å². The van der Waals surface area contributed by atoms with E-state index in [9.17, 15) is 19.1 Å². The highest BCUT2D eigenvalue weighted by Crippen LogP contribution is 2.32. The summed E-state index contributed by atoms with van der Waals surface area (Å²) in [4.78, 5) is 23.4. The Hall–Kier alpha value is -2.91. The van der Waals surface area contributed by atoms with Gasteiger partial charge < -0.3 is 9.84 Å². The minimum absolute atomic E-state index is 0.244. The molecule has 2 atom stereocenters. The lowest BCUT2D eigenvalue weighted by Crippen LogP contribution is -2.22. The fourth-order valence-corrected chi connectivity index (χ4v) is 3.01. The number of anilines is 1. The second kappa shape index (κ2) is 11.3. The number of hydrogen-bond donors (Lipinski definition) is 4. The lowest BCUT2D eigenvalue weighted by atomic mass is 9.93. The van der Waals surface area contributed by atoms with E-state index in [1.165, 1.54) is 23.7 Å². The first-order chi connectivity index (χ1) is 14.3. The zero-order valence-electron chi connectivity index (χ0n) is 16.1. The number of carbonyl (C=O) groups excluding carboxylic acids is 2. The van der Waals surface area contributed by atoms with Crippen LogP contribution in [-0.2, 0) is 9.53 Å². The molecule has 0 saturated heterocycles. The Bertz CT molecular complexity index is 905. The van der Waals surface area contributed by atoms with Crippen molar-refractivity contribution in [3.05, 3.63) is 70.5 Å². The Morgan fingerprint density at radius 3 is 2.57 bits per heavy atom. The molecule has 0 aliphatic carbocycles. The van der Waals surface area contributed by atoms with Crippen molar-refractivity contribution >= 4 is 33.6 Å². The van der Waals surface area contributed by atoms with E-state index >= 15 is 0 Å². The number of hydrogen-bond acceptors (Lipinski definition) is 5. The lowest BCUT2D eigenvalue weighted by molar-refractivity contribution is -0.124. The molecule has 4 N–H and O–H groups in total. The molecule has 0 aliphatic rings. The number of benzene rings is 2. The van der Waals surface area contributed by atoms with Gasteiger partial charge in [-0.3, -0.25) is 15.3 Å². The molecule has 30 heavy (non-hydrogen) atoms. The molecule has 0 aliphatic heterocycles. The molecular weight excluding hydrogens is 459 g/mol. The maximum atomic E-state index is 13.9. The Morgan fingerprint density at radius 1 is 1.23 bits per heavy atom. The number of carbonyl (C=O) groups is 2. The summed E-state index contributed by atoms with van der Waals surface area (Å²) in [6.45, 7) is 1.82. The van der Waals surface area contributed by atoms with Crippen LogP contribution in [0, 0.1) is 11.7 Å². The fourth-order valence-electron chi connectivity index (χ4n) is 2.75. The van der Waals surface area contributed by atoms with E-state index in [0.717, 1.165) is 10.5 Å². The van der Waals surface area contributed by atoms with Gasteiger partial charge in [-0.2, -0.15) is 0 Å². The van der Waals surface area contributed by atoms with Gasteiger partial charge in [0, 0.05) is 16.2 Å². The monoisotopic (exact) mass is 480 g/mol. The van der Waals surface area contributed by atoms with Gasteiger partial charge in [-0.05, 0) is 60.7 Å². The maximum Gasteiger partial charge on any atom is 0.412 e. The Balaban J connectivity index is 2.12. The molecule has 0 heterocycles.